The molecule has 2 aliphatic heterocycles. The van der Waals surface area contributed by atoms with Crippen molar-refractivity contribution in [3.05, 3.63) is 18.3 Å². The summed E-state index contributed by atoms with van der Waals surface area (Å²) in [7, 11) is 0. The number of anilines is 2. The normalized spacial score (nSPS) is 20.5. The zero-order chi connectivity index (χ0) is 10.3. The Morgan fingerprint density at radius 2 is 2.33 bits per heavy atom. The number of pyridine rings is 1. The van der Waals surface area contributed by atoms with Crippen molar-refractivity contribution in [2.45, 2.75) is 6.04 Å². The zero-order valence-electron chi connectivity index (χ0n) is 8.23. The first-order valence-electron chi connectivity index (χ1n) is 5.07. The lowest BCUT2D eigenvalue weighted by Gasteiger charge is -2.41. The number of hydrogen-bond donors (Lipinski definition) is 2. The number of rotatable bonds is 1. The predicted molar refractivity (Wildman–Crippen MR) is 56.9 cm³/mol. The fourth-order valence-electron chi connectivity index (χ4n) is 1.94. The Bertz CT molecular complexity index is 402. The van der Waals surface area contributed by atoms with Crippen LogP contribution in [0, 0.1) is 0 Å². The molecule has 15 heavy (non-hydrogen) atoms. The highest BCUT2D eigenvalue weighted by molar-refractivity contribution is 6.00. The van der Waals surface area contributed by atoms with Crippen molar-refractivity contribution in [1.29, 1.82) is 0 Å². The van der Waals surface area contributed by atoms with Crippen molar-refractivity contribution in [2.75, 3.05) is 29.9 Å². The lowest BCUT2D eigenvalue weighted by molar-refractivity contribution is -0.115. The van der Waals surface area contributed by atoms with Crippen molar-refractivity contribution >= 4 is 17.4 Å². The molecule has 0 aromatic carbocycles. The Labute approximate surface area is 87.5 Å². The number of carbonyl (C=O) groups is 1. The summed E-state index contributed by atoms with van der Waals surface area (Å²) in [6.07, 6.45) is 1.76. The number of fused-ring (bicyclic) bond motifs is 1. The highest BCUT2D eigenvalue weighted by atomic mass is 16.2. The quantitative estimate of drug-likeness (QED) is 0.666. The van der Waals surface area contributed by atoms with Crippen LogP contribution in [-0.4, -0.2) is 36.6 Å². The van der Waals surface area contributed by atoms with E-state index in [1.807, 2.05) is 12.1 Å². The van der Waals surface area contributed by atoms with Crippen molar-refractivity contribution in [3.8, 4) is 0 Å². The third-order valence-corrected chi connectivity index (χ3v) is 2.85. The molecule has 5 nitrogen and oxygen atoms in total. The van der Waals surface area contributed by atoms with Crippen LogP contribution in [0.25, 0.3) is 0 Å². The van der Waals surface area contributed by atoms with Crippen molar-refractivity contribution < 1.29 is 4.79 Å². The maximum absolute atomic E-state index is 11.5. The van der Waals surface area contributed by atoms with Crippen LogP contribution in [0.15, 0.2) is 18.3 Å². The van der Waals surface area contributed by atoms with Gasteiger partial charge in [-0.1, -0.05) is 0 Å². The molecule has 2 aliphatic rings. The molecular weight excluding hydrogens is 192 g/mol. The number of nitrogens with one attached hydrogen (secondary N) is 2. The topological polar surface area (TPSA) is 57.3 Å². The predicted octanol–water partition coefficient (Wildman–Crippen LogP) is -0.188. The van der Waals surface area contributed by atoms with E-state index in [0.29, 0.717) is 12.6 Å². The second-order valence-electron chi connectivity index (χ2n) is 3.86. The third-order valence-electron chi connectivity index (χ3n) is 2.85. The number of hydrogen-bond acceptors (Lipinski definition) is 4. The molecule has 1 amide bonds. The maximum atomic E-state index is 11.5. The van der Waals surface area contributed by atoms with E-state index in [1.165, 1.54) is 0 Å². The van der Waals surface area contributed by atoms with E-state index in [-0.39, 0.29) is 5.91 Å². The molecule has 1 saturated heterocycles. The third kappa shape index (κ3) is 1.35. The first kappa shape index (κ1) is 8.67. The molecule has 0 radical (unpaired) electrons. The average Bonchev–Trinajstić information content (AvgIpc) is 2.14. The van der Waals surface area contributed by atoms with Gasteiger partial charge in [0.25, 0.3) is 0 Å². The van der Waals surface area contributed by atoms with E-state index < -0.39 is 0 Å². The van der Waals surface area contributed by atoms with Gasteiger partial charge in [0.1, 0.15) is 0 Å². The summed E-state index contributed by atoms with van der Waals surface area (Å²) in [5, 5.41) is 6.03. The monoisotopic (exact) mass is 204 g/mol. The second kappa shape index (κ2) is 3.20. The molecule has 0 aliphatic carbocycles. The van der Waals surface area contributed by atoms with E-state index >= 15 is 0 Å². The number of amides is 1. The van der Waals surface area contributed by atoms with Crippen molar-refractivity contribution in [3.63, 3.8) is 0 Å². The van der Waals surface area contributed by atoms with Gasteiger partial charge in [0, 0.05) is 19.3 Å². The summed E-state index contributed by atoms with van der Waals surface area (Å²) in [5.74, 6) is 0.936. The largest absolute Gasteiger partial charge is 0.340 e. The van der Waals surface area contributed by atoms with E-state index in [4.69, 9.17) is 0 Å². The minimum absolute atomic E-state index is 0.0439. The summed E-state index contributed by atoms with van der Waals surface area (Å²) >= 11 is 0. The molecule has 2 N–H and O–H groups in total. The fourth-order valence-corrected chi connectivity index (χ4v) is 1.94. The Morgan fingerprint density at radius 1 is 1.47 bits per heavy atom. The van der Waals surface area contributed by atoms with Crippen molar-refractivity contribution in [2.24, 2.45) is 0 Å². The van der Waals surface area contributed by atoms with Gasteiger partial charge in [-0.2, -0.15) is 0 Å². The summed E-state index contributed by atoms with van der Waals surface area (Å²) in [4.78, 5) is 17.9. The molecule has 3 heterocycles. The van der Waals surface area contributed by atoms with Gasteiger partial charge < -0.3 is 15.5 Å². The molecule has 3 rings (SSSR count). The van der Waals surface area contributed by atoms with Gasteiger partial charge >= 0.3 is 0 Å². The highest BCUT2D eigenvalue weighted by Crippen LogP contribution is 2.28. The Balaban J connectivity index is 1.98. The van der Waals surface area contributed by atoms with Gasteiger partial charge in [0.15, 0.2) is 5.82 Å². The van der Waals surface area contributed by atoms with Gasteiger partial charge in [-0.05, 0) is 12.1 Å². The zero-order valence-corrected chi connectivity index (χ0v) is 8.23. The Kier molecular flexibility index (Phi) is 1.85. The summed E-state index contributed by atoms with van der Waals surface area (Å²) in [6, 6.07) is 4.13. The molecule has 0 bridgehead atoms. The van der Waals surface area contributed by atoms with E-state index in [0.717, 1.165) is 24.6 Å². The van der Waals surface area contributed by atoms with Crippen LogP contribution in [0.4, 0.5) is 11.5 Å². The molecule has 1 aromatic heterocycles. The van der Waals surface area contributed by atoms with Crippen LogP contribution >= 0.6 is 0 Å². The molecule has 5 heteroatoms. The molecule has 0 spiro atoms. The molecule has 78 valence electrons. The highest BCUT2D eigenvalue weighted by Gasteiger charge is 2.31. The van der Waals surface area contributed by atoms with Gasteiger partial charge in [-0.25, -0.2) is 4.98 Å². The van der Waals surface area contributed by atoms with E-state index in [2.05, 4.69) is 20.5 Å². The summed E-state index contributed by atoms with van der Waals surface area (Å²) < 4.78 is 0. The Morgan fingerprint density at radius 3 is 3.07 bits per heavy atom. The minimum Gasteiger partial charge on any atom is -0.340 e. The minimum atomic E-state index is 0.0439. The van der Waals surface area contributed by atoms with Gasteiger partial charge in [0.2, 0.25) is 5.91 Å². The lowest BCUT2D eigenvalue weighted by atomic mass is 10.1. The SMILES string of the molecule is O=C1CN(C2CNC2)c2ncccc2N1. The van der Waals surface area contributed by atoms with E-state index in [9.17, 15) is 4.79 Å². The summed E-state index contributed by atoms with van der Waals surface area (Å²) in [5.41, 5.74) is 0.820. The van der Waals surface area contributed by atoms with Crippen molar-refractivity contribution in [1.82, 2.24) is 10.3 Å². The first-order valence-corrected chi connectivity index (χ1v) is 5.07. The van der Waals surface area contributed by atoms with Gasteiger partial charge in [-0.15, -0.1) is 0 Å². The van der Waals surface area contributed by atoms with Crippen LogP contribution < -0.4 is 15.5 Å². The molecule has 1 fully saturated rings. The van der Waals surface area contributed by atoms with Crippen LogP contribution in [0.3, 0.4) is 0 Å². The number of nitrogens with zero attached hydrogens (tertiary/aromatic N) is 2. The van der Waals surface area contributed by atoms with Crippen LogP contribution in [0.1, 0.15) is 0 Å². The lowest BCUT2D eigenvalue weighted by Crippen LogP contribution is -2.60. The van der Waals surface area contributed by atoms with Crippen LogP contribution in [0.5, 0.6) is 0 Å². The van der Waals surface area contributed by atoms with Crippen LogP contribution in [0.2, 0.25) is 0 Å². The Hall–Kier alpha value is -1.62. The number of carbonyl (C=O) groups excluding carboxylic acids is 1. The maximum Gasteiger partial charge on any atom is 0.244 e. The molecular formula is C10H12N4O. The molecule has 1 aromatic rings. The number of aromatic nitrogens is 1. The average molecular weight is 204 g/mol. The smallest absolute Gasteiger partial charge is 0.244 e. The first-order chi connectivity index (χ1) is 7.34. The molecule has 0 unspecified atom stereocenters. The summed E-state index contributed by atoms with van der Waals surface area (Å²) in [6.45, 7) is 2.28. The van der Waals surface area contributed by atoms with E-state index in [1.54, 1.807) is 6.20 Å². The van der Waals surface area contributed by atoms with Crippen LogP contribution in [-0.2, 0) is 4.79 Å². The standard InChI is InChI=1S/C10H12N4O/c15-9-6-14(7-4-11-5-7)10-8(13-9)2-1-3-12-10/h1-3,7,11H,4-6H2,(H,13,15). The molecule has 0 atom stereocenters. The van der Waals surface area contributed by atoms with Gasteiger partial charge in [0.05, 0.1) is 18.3 Å². The molecule has 0 saturated carbocycles. The second-order valence-corrected chi connectivity index (χ2v) is 3.86. The fraction of sp³-hybridized carbons (Fsp3) is 0.400. The van der Waals surface area contributed by atoms with Gasteiger partial charge in [-0.3, -0.25) is 4.79 Å².